The summed E-state index contributed by atoms with van der Waals surface area (Å²) in [6, 6.07) is 9.02. The number of carbonyl (C=O) groups is 3. The van der Waals surface area contributed by atoms with Gasteiger partial charge in [-0.25, -0.2) is 0 Å². The molecule has 0 saturated carbocycles. The summed E-state index contributed by atoms with van der Waals surface area (Å²) >= 11 is 0. The molecule has 0 bridgehead atoms. The average molecular weight is 375 g/mol. The van der Waals surface area contributed by atoms with Gasteiger partial charge in [-0.05, 0) is 18.9 Å². The Labute approximate surface area is 160 Å². The van der Waals surface area contributed by atoms with Crippen molar-refractivity contribution in [1.29, 1.82) is 0 Å². The molecule has 2 atom stereocenters. The van der Waals surface area contributed by atoms with Crippen LogP contribution < -0.4 is 10.6 Å². The molecule has 1 aromatic rings. The fourth-order valence-electron chi connectivity index (χ4n) is 2.96. The van der Waals surface area contributed by atoms with E-state index >= 15 is 0 Å². The van der Waals surface area contributed by atoms with Crippen LogP contribution in [0.5, 0.6) is 0 Å². The van der Waals surface area contributed by atoms with Crippen molar-refractivity contribution in [2.75, 3.05) is 26.2 Å². The van der Waals surface area contributed by atoms with Crippen LogP contribution >= 0.6 is 0 Å². The summed E-state index contributed by atoms with van der Waals surface area (Å²) in [5.74, 6) is -0.953. The average Bonchev–Trinajstić information content (AvgIpc) is 2.68. The Hall–Kier alpha value is -2.41. The Morgan fingerprint density at radius 1 is 1.33 bits per heavy atom. The van der Waals surface area contributed by atoms with E-state index in [9.17, 15) is 14.4 Å². The number of amides is 2. The Bertz CT molecular complexity index is 635. The van der Waals surface area contributed by atoms with E-state index in [1.54, 1.807) is 0 Å². The summed E-state index contributed by atoms with van der Waals surface area (Å²) in [5.41, 5.74) is 1.08. The summed E-state index contributed by atoms with van der Waals surface area (Å²) in [6.07, 6.45) is 1.59. The number of hydrogen-bond acceptors (Lipinski definition) is 5. The third-order valence-electron chi connectivity index (χ3n) is 4.63. The summed E-state index contributed by atoms with van der Waals surface area (Å²) < 4.78 is 5.15. The van der Waals surface area contributed by atoms with Crippen molar-refractivity contribution in [3.8, 4) is 0 Å². The lowest BCUT2D eigenvalue weighted by molar-refractivity contribution is -0.151. The van der Waals surface area contributed by atoms with Crippen LogP contribution in [0.3, 0.4) is 0 Å². The van der Waals surface area contributed by atoms with Gasteiger partial charge in [-0.2, -0.15) is 0 Å². The van der Waals surface area contributed by atoms with Crippen LogP contribution in [0.1, 0.15) is 44.7 Å². The fraction of sp³-hybridized carbons (Fsp3) is 0.550. The zero-order chi connectivity index (χ0) is 19.6. The Morgan fingerprint density at radius 3 is 2.78 bits per heavy atom. The van der Waals surface area contributed by atoms with E-state index in [1.165, 1.54) is 4.90 Å². The molecule has 0 spiro atoms. The van der Waals surface area contributed by atoms with E-state index in [0.717, 1.165) is 18.4 Å². The first-order valence-electron chi connectivity index (χ1n) is 9.54. The highest BCUT2D eigenvalue weighted by molar-refractivity contribution is 5.92. The van der Waals surface area contributed by atoms with E-state index in [2.05, 4.69) is 10.6 Å². The number of unbranched alkanes of at least 4 members (excludes halogenated alkanes) is 1. The van der Waals surface area contributed by atoms with Crippen LogP contribution in [-0.2, 0) is 19.1 Å². The van der Waals surface area contributed by atoms with Crippen molar-refractivity contribution in [3.05, 3.63) is 35.9 Å². The molecule has 2 N–H and O–H groups in total. The number of rotatable bonds is 9. The third kappa shape index (κ3) is 6.36. The quantitative estimate of drug-likeness (QED) is 0.503. The van der Waals surface area contributed by atoms with Gasteiger partial charge in [0.2, 0.25) is 11.8 Å². The molecule has 7 nitrogen and oxygen atoms in total. The topological polar surface area (TPSA) is 87.7 Å². The first-order chi connectivity index (χ1) is 13.0. The number of piperazine rings is 1. The van der Waals surface area contributed by atoms with Gasteiger partial charge in [0.1, 0.15) is 6.04 Å². The summed E-state index contributed by atoms with van der Waals surface area (Å²) in [4.78, 5) is 38.3. The summed E-state index contributed by atoms with van der Waals surface area (Å²) in [7, 11) is 0. The van der Waals surface area contributed by atoms with Gasteiger partial charge in [-0.3, -0.25) is 14.4 Å². The molecule has 0 radical (unpaired) electrons. The molecule has 27 heavy (non-hydrogen) atoms. The largest absolute Gasteiger partial charge is 0.466 e. The molecule has 1 aliphatic heterocycles. The van der Waals surface area contributed by atoms with E-state index in [1.807, 2.05) is 44.2 Å². The smallest absolute Gasteiger partial charge is 0.308 e. The number of esters is 1. The third-order valence-corrected chi connectivity index (χ3v) is 4.63. The van der Waals surface area contributed by atoms with Crippen LogP contribution in [0.25, 0.3) is 0 Å². The van der Waals surface area contributed by atoms with E-state index in [-0.39, 0.29) is 30.8 Å². The first kappa shape index (κ1) is 20.9. The van der Waals surface area contributed by atoms with Crippen molar-refractivity contribution >= 4 is 17.8 Å². The minimum atomic E-state index is -0.811. The Morgan fingerprint density at radius 2 is 2.07 bits per heavy atom. The predicted octanol–water partition coefficient (Wildman–Crippen LogP) is 1.40. The standard InChI is InChI=1S/C20H29N3O4/c1-3-4-12-27-19(25)13-17-20(26)21-10-11-23(17)18(24)14-22-15(2)16-8-6-5-7-9-16/h5-9,15,17,22H,3-4,10-14H2,1-2H3,(H,21,26). The van der Waals surface area contributed by atoms with Gasteiger partial charge >= 0.3 is 5.97 Å². The molecule has 2 unspecified atom stereocenters. The minimum Gasteiger partial charge on any atom is -0.466 e. The maximum absolute atomic E-state index is 12.7. The lowest BCUT2D eigenvalue weighted by atomic mass is 10.1. The van der Waals surface area contributed by atoms with Gasteiger partial charge in [0.05, 0.1) is 19.6 Å². The molecule has 2 amide bonds. The molecule has 1 saturated heterocycles. The zero-order valence-electron chi connectivity index (χ0n) is 16.1. The molecule has 2 rings (SSSR count). The molecule has 0 aromatic heterocycles. The predicted molar refractivity (Wildman–Crippen MR) is 102 cm³/mol. The highest BCUT2D eigenvalue weighted by Crippen LogP contribution is 2.13. The highest BCUT2D eigenvalue weighted by Gasteiger charge is 2.35. The normalized spacial score (nSPS) is 17.9. The monoisotopic (exact) mass is 375 g/mol. The molecular formula is C20H29N3O4. The highest BCUT2D eigenvalue weighted by atomic mass is 16.5. The van der Waals surface area contributed by atoms with Gasteiger partial charge in [0.25, 0.3) is 0 Å². The van der Waals surface area contributed by atoms with Gasteiger partial charge in [-0.1, -0.05) is 43.7 Å². The first-order valence-corrected chi connectivity index (χ1v) is 9.54. The second-order valence-electron chi connectivity index (χ2n) is 6.69. The summed E-state index contributed by atoms with van der Waals surface area (Å²) in [6.45, 7) is 5.21. The zero-order valence-corrected chi connectivity index (χ0v) is 16.1. The lowest BCUT2D eigenvalue weighted by Crippen LogP contribution is -2.59. The number of benzene rings is 1. The maximum Gasteiger partial charge on any atom is 0.308 e. The Balaban J connectivity index is 1.91. The van der Waals surface area contributed by atoms with Crippen LogP contribution in [0.4, 0.5) is 0 Å². The maximum atomic E-state index is 12.7. The van der Waals surface area contributed by atoms with Crippen LogP contribution in [-0.4, -0.2) is 55.0 Å². The fourth-order valence-corrected chi connectivity index (χ4v) is 2.96. The summed E-state index contributed by atoms with van der Waals surface area (Å²) in [5, 5.41) is 5.91. The molecule has 1 fully saturated rings. The van der Waals surface area contributed by atoms with Gasteiger partial charge in [0.15, 0.2) is 0 Å². The molecule has 1 aromatic carbocycles. The van der Waals surface area contributed by atoms with Crippen molar-refractivity contribution in [1.82, 2.24) is 15.5 Å². The van der Waals surface area contributed by atoms with Crippen LogP contribution in [0, 0.1) is 0 Å². The second-order valence-corrected chi connectivity index (χ2v) is 6.69. The lowest BCUT2D eigenvalue weighted by Gasteiger charge is -2.35. The second kappa shape index (κ2) is 10.7. The SMILES string of the molecule is CCCCOC(=O)CC1C(=O)NCCN1C(=O)CNC(C)c1ccccc1. The molecule has 0 aliphatic carbocycles. The minimum absolute atomic E-state index is 0.00577. The van der Waals surface area contributed by atoms with Crippen molar-refractivity contribution in [2.24, 2.45) is 0 Å². The number of ether oxygens (including phenoxy) is 1. The molecule has 1 heterocycles. The number of carbonyl (C=O) groups excluding carboxylic acids is 3. The van der Waals surface area contributed by atoms with E-state index in [0.29, 0.717) is 19.7 Å². The van der Waals surface area contributed by atoms with Crippen molar-refractivity contribution in [3.63, 3.8) is 0 Å². The molecule has 148 valence electrons. The van der Waals surface area contributed by atoms with Gasteiger partial charge < -0.3 is 20.3 Å². The number of nitrogens with zero attached hydrogens (tertiary/aromatic N) is 1. The molecular weight excluding hydrogens is 346 g/mol. The number of hydrogen-bond donors (Lipinski definition) is 2. The van der Waals surface area contributed by atoms with Crippen LogP contribution in [0.2, 0.25) is 0 Å². The molecule has 7 heteroatoms. The van der Waals surface area contributed by atoms with Crippen LogP contribution in [0.15, 0.2) is 30.3 Å². The van der Waals surface area contributed by atoms with E-state index < -0.39 is 12.0 Å². The van der Waals surface area contributed by atoms with E-state index in [4.69, 9.17) is 4.74 Å². The molecule has 1 aliphatic rings. The van der Waals surface area contributed by atoms with Gasteiger partial charge in [-0.15, -0.1) is 0 Å². The van der Waals surface area contributed by atoms with Crippen molar-refractivity contribution in [2.45, 2.75) is 45.2 Å². The van der Waals surface area contributed by atoms with Crippen molar-refractivity contribution < 1.29 is 19.1 Å². The Kier molecular flexibility index (Phi) is 8.26. The van der Waals surface area contributed by atoms with Gasteiger partial charge in [0, 0.05) is 19.1 Å². The number of nitrogens with one attached hydrogen (secondary N) is 2.